The Kier molecular flexibility index (Phi) is 3.84. The fourth-order valence-corrected chi connectivity index (χ4v) is 1.47. The van der Waals surface area contributed by atoms with E-state index in [0.717, 1.165) is 0 Å². The first-order chi connectivity index (χ1) is 8.71. The van der Waals surface area contributed by atoms with Crippen LogP contribution in [-0.2, 0) is 0 Å². The summed E-state index contributed by atoms with van der Waals surface area (Å²) in [5.41, 5.74) is 0. The molecule has 5 nitrogen and oxygen atoms in total. The number of benzene rings is 1. The Balaban J connectivity index is 2.28. The number of hydrogen-bond donors (Lipinski definition) is 0. The first-order valence-corrected chi connectivity index (χ1v) is 5.47. The Morgan fingerprint density at radius 2 is 1.50 bits per heavy atom. The molecule has 0 amide bonds. The Hall–Kier alpha value is -2.01. The van der Waals surface area contributed by atoms with Crippen LogP contribution in [0.25, 0.3) is 0 Å². The molecule has 2 rings (SSSR count). The van der Waals surface area contributed by atoms with Crippen LogP contribution < -0.4 is 14.2 Å². The molecule has 0 saturated heterocycles. The second kappa shape index (κ2) is 5.55. The topological polar surface area (TPSA) is 53.5 Å². The number of halogens is 1. The molecule has 1 heterocycles. The molecule has 0 aliphatic rings. The van der Waals surface area contributed by atoms with Gasteiger partial charge in [-0.2, -0.15) is 0 Å². The van der Waals surface area contributed by atoms with Crippen LogP contribution in [0.5, 0.6) is 23.1 Å². The van der Waals surface area contributed by atoms with Crippen LogP contribution in [0.4, 0.5) is 0 Å². The summed E-state index contributed by atoms with van der Waals surface area (Å²) in [5, 5.41) is 0.315. The molecule has 0 unspecified atom stereocenters. The SMILES string of the molecule is COc1cc(OC)cc(Oc2cc(Cl)ncn2)c1. The van der Waals surface area contributed by atoms with E-state index in [-0.39, 0.29) is 0 Å². The van der Waals surface area contributed by atoms with Gasteiger partial charge >= 0.3 is 0 Å². The minimum Gasteiger partial charge on any atom is -0.496 e. The van der Waals surface area contributed by atoms with Gasteiger partial charge in [0.15, 0.2) is 0 Å². The number of methoxy groups -OCH3 is 2. The molecule has 2 aromatic rings. The molecular formula is C12H11ClN2O3. The van der Waals surface area contributed by atoms with Gasteiger partial charge in [-0.3, -0.25) is 0 Å². The van der Waals surface area contributed by atoms with Crippen LogP contribution >= 0.6 is 11.6 Å². The van der Waals surface area contributed by atoms with Gasteiger partial charge in [0.1, 0.15) is 28.7 Å². The molecule has 0 fully saturated rings. The van der Waals surface area contributed by atoms with Crippen LogP contribution in [0.2, 0.25) is 5.15 Å². The molecule has 0 atom stereocenters. The number of hydrogen-bond acceptors (Lipinski definition) is 5. The molecule has 0 aliphatic carbocycles. The maximum atomic E-state index is 5.75. The Morgan fingerprint density at radius 1 is 0.889 bits per heavy atom. The molecule has 94 valence electrons. The van der Waals surface area contributed by atoms with E-state index in [0.29, 0.717) is 28.3 Å². The van der Waals surface area contributed by atoms with Gasteiger partial charge in [0.2, 0.25) is 5.88 Å². The number of rotatable bonds is 4. The summed E-state index contributed by atoms with van der Waals surface area (Å²) < 4.78 is 15.8. The second-order valence-electron chi connectivity index (χ2n) is 3.33. The minimum atomic E-state index is 0.315. The van der Waals surface area contributed by atoms with Crippen molar-refractivity contribution in [3.8, 4) is 23.1 Å². The maximum absolute atomic E-state index is 5.75. The van der Waals surface area contributed by atoms with E-state index in [2.05, 4.69) is 9.97 Å². The molecule has 0 N–H and O–H groups in total. The summed E-state index contributed by atoms with van der Waals surface area (Å²) in [6, 6.07) is 6.71. The van der Waals surface area contributed by atoms with Gasteiger partial charge in [0.25, 0.3) is 0 Å². The third-order valence-corrected chi connectivity index (χ3v) is 2.36. The van der Waals surface area contributed by atoms with Crippen LogP contribution in [0, 0.1) is 0 Å². The van der Waals surface area contributed by atoms with Crippen LogP contribution in [0.1, 0.15) is 0 Å². The fraction of sp³-hybridized carbons (Fsp3) is 0.167. The maximum Gasteiger partial charge on any atom is 0.223 e. The van der Waals surface area contributed by atoms with Crippen molar-refractivity contribution in [3.05, 3.63) is 35.7 Å². The summed E-state index contributed by atoms with van der Waals surface area (Å²) in [4.78, 5) is 7.72. The number of ether oxygens (including phenoxy) is 3. The molecule has 1 aromatic heterocycles. The Bertz CT molecular complexity index is 526. The predicted octanol–water partition coefficient (Wildman–Crippen LogP) is 2.94. The third-order valence-electron chi connectivity index (χ3n) is 2.16. The van der Waals surface area contributed by atoms with E-state index in [1.54, 1.807) is 32.4 Å². The standard InChI is InChI=1S/C12H11ClN2O3/c1-16-8-3-9(17-2)5-10(4-8)18-12-6-11(13)14-7-15-12/h3-7H,1-2H3. The van der Waals surface area contributed by atoms with Gasteiger partial charge < -0.3 is 14.2 Å². The second-order valence-corrected chi connectivity index (χ2v) is 3.72. The highest BCUT2D eigenvalue weighted by Gasteiger charge is 2.05. The highest BCUT2D eigenvalue weighted by Crippen LogP contribution is 2.30. The van der Waals surface area contributed by atoms with Crippen molar-refractivity contribution in [1.82, 2.24) is 9.97 Å². The Morgan fingerprint density at radius 3 is 2.06 bits per heavy atom. The van der Waals surface area contributed by atoms with Crippen LogP contribution in [-0.4, -0.2) is 24.2 Å². The lowest BCUT2D eigenvalue weighted by molar-refractivity contribution is 0.385. The molecule has 1 aromatic carbocycles. The molecule has 0 spiro atoms. The summed E-state index contributed by atoms with van der Waals surface area (Å²) >= 11 is 5.75. The van der Waals surface area contributed by atoms with Crippen molar-refractivity contribution in [2.24, 2.45) is 0 Å². The first-order valence-electron chi connectivity index (χ1n) is 5.09. The van der Waals surface area contributed by atoms with E-state index in [9.17, 15) is 0 Å². The molecule has 0 radical (unpaired) electrons. The van der Waals surface area contributed by atoms with E-state index in [1.807, 2.05) is 0 Å². The lowest BCUT2D eigenvalue weighted by Crippen LogP contribution is -1.92. The van der Waals surface area contributed by atoms with Gasteiger partial charge in [0.05, 0.1) is 14.2 Å². The normalized spacial score (nSPS) is 9.94. The quantitative estimate of drug-likeness (QED) is 0.797. The zero-order valence-corrected chi connectivity index (χ0v) is 10.6. The molecular weight excluding hydrogens is 256 g/mol. The van der Waals surface area contributed by atoms with Crippen molar-refractivity contribution in [2.45, 2.75) is 0 Å². The van der Waals surface area contributed by atoms with Gasteiger partial charge in [-0.05, 0) is 0 Å². The number of aromatic nitrogens is 2. The third kappa shape index (κ3) is 3.01. The Labute approximate surface area is 109 Å². The average Bonchev–Trinajstić information content (AvgIpc) is 2.38. The zero-order valence-electron chi connectivity index (χ0n) is 9.88. The molecule has 0 saturated carbocycles. The van der Waals surface area contributed by atoms with Crippen molar-refractivity contribution in [3.63, 3.8) is 0 Å². The summed E-state index contributed by atoms with van der Waals surface area (Å²) in [6.07, 6.45) is 1.33. The van der Waals surface area contributed by atoms with Crippen molar-refractivity contribution < 1.29 is 14.2 Å². The molecule has 0 bridgehead atoms. The minimum absolute atomic E-state index is 0.315. The van der Waals surface area contributed by atoms with Gasteiger partial charge in [-0.25, -0.2) is 9.97 Å². The van der Waals surface area contributed by atoms with Crippen molar-refractivity contribution in [1.29, 1.82) is 0 Å². The zero-order chi connectivity index (χ0) is 13.0. The van der Waals surface area contributed by atoms with E-state index < -0.39 is 0 Å². The summed E-state index contributed by atoms with van der Waals surface area (Å²) in [5.74, 6) is 2.15. The van der Waals surface area contributed by atoms with Crippen molar-refractivity contribution in [2.75, 3.05) is 14.2 Å². The van der Waals surface area contributed by atoms with Crippen molar-refractivity contribution >= 4 is 11.6 Å². The first kappa shape index (κ1) is 12.4. The van der Waals surface area contributed by atoms with E-state index in [1.165, 1.54) is 12.4 Å². The van der Waals surface area contributed by atoms with Crippen LogP contribution in [0.15, 0.2) is 30.6 Å². The van der Waals surface area contributed by atoms with Gasteiger partial charge in [-0.15, -0.1) is 0 Å². The monoisotopic (exact) mass is 266 g/mol. The smallest absolute Gasteiger partial charge is 0.223 e. The summed E-state index contributed by atoms with van der Waals surface area (Å²) in [7, 11) is 3.14. The van der Waals surface area contributed by atoms with Gasteiger partial charge in [-0.1, -0.05) is 11.6 Å². The molecule has 18 heavy (non-hydrogen) atoms. The summed E-state index contributed by atoms with van der Waals surface area (Å²) in [6.45, 7) is 0. The fourth-order valence-electron chi connectivity index (χ4n) is 1.33. The average molecular weight is 267 g/mol. The molecule has 0 aliphatic heterocycles. The largest absolute Gasteiger partial charge is 0.496 e. The predicted molar refractivity (Wildman–Crippen MR) is 66.7 cm³/mol. The molecule has 6 heteroatoms. The highest BCUT2D eigenvalue weighted by atomic mass is 35.5. The van der Waals surface area contributed by atoms with Gasteiger partial charge in [0, 0.05) is 24.3 Å². The highest BCUT2D eigenvalue weighted by molar-refractivity contribution is 6.29. The van der Waals surface area contributed by atoms with E-state index in [4.69, 9.17) is 25.8 Å². The lowest BCUT2D eigenvalue weighted by Gasteiger charge is -2.09. The number of nitrogens with zero attached hydrogens (tertiary/aromatic N) is 2. The lowest BCUT2D eigenvalue weighted by atomic mass is 10.3. The van der Waals surface area contributed by atoms with E-state index >= 15 is 0 Å². The van der Waals surface area contributed by atoms with Crippen LogP contribution in [0.3, 0.4) is 0 Å².